The van der Waals surface area contributed by atoms with Crippen LogP contribution in [-0.2, 0) is 38.3 Å². The van der Waals surface area contributed by atoms with Gasteiger partial charge in [0, 0.05) is 40.5 Å². The molecular weight excluding hydrogens is 552 g/mol. The van der Waals surface area contributed by atoms with E-state index < -0.39 is 0 Å². The third-order valence-electron chi connectivity index (χ3n) is 9.63. The van der Waals surface area contributed by atoms with Gasteiger partial charge in [0.15, 0.2) is 0 Å². The van der Waals surface area contributed by atoms with E-state index in [0.717, 1.165) is 86.4 Å². The number of nitrogens with zero attached hydrogens (tertiary/aromatic N) is 2. The van der Waals surface area contributed by atoms with Gasteiger partial charge in [-0.15, -0.1) is 0 Å². The number of hydrogen-bond donors (Lipinski definition) is 2. The van der Waals surface area contributed by atoms with Gasteiger partial charge < -0.3 is 19.4 Å². The highest BCUT2D eigenvalue weighted by molar-refractivity contribution is 5.98. The molecule has 0 saturated carbocycles. The van der Waals surface area contributed by atoms with Gasteiger partial charge in [0.05, 0.1) is 37.0 Å². The van der Waals surface area contributed by atoms with E-state index in [4.69, 9.17) is 19.4 Å². The van der Waals surface area contributed by atoms with E-state index in [1.807, 2.05) is 0 Å². The number of ether oxygens (including phenoxy) is 2. The summed E-state index contributed by atoms with van der Waals surface area (Å²) in [6.45, 7) is 10.7. The molecule has 0 amide bonds. The first-order valence-electron chi connectivity index (χ1n) is 15.4. The second-order valence-corrected chi connectivity index (χ2v) is 11.9. The SMILES string of the molecule is CCC1=C(C)c2cc3[nH]c(cc4[nH]c(cc5nc6c(c1n2)CCC6=C5C)c(C)c4CCC(=O)OC)c(CCC(=O)OC)c3C. The van der Waals surface area contributed by atoms with Gasteiger partial charge >= 0.3 is 11.9 Å². The number of aromatic nitrogens is 4. The molecular formula is C36H40N4O4. The van der Waals surface area contributed by atoms with Gasteiger partial charge in [-0.2, -0.15) is 0 Å². The molecule has 8 heteroatoms. The number of H-pyrrole nitrogens is 2. The molecule has 0 saturated heterocycles. The molecule has 3 aromatic rings. The van der Waals surface area contributed by atoms with E-state index in [0.29, 0.717) is 12.8 Å². The first-order chi connectivity index (χ1) is 21.1. The van der Waals surface area contributed by atoms with Crippen LogP contribution >= 0.6 is 0 Å². The fourth-order valence-corrected chi connectivity index (χ4v) is 6.94. The summed E-state index contributed by atoms with van der Waals surface area (Å²) in [6.07, 6.45) is 4.40. The summed E-state index contributed by atoms with van der Waals surface area (Å²) in [5, 5.41) is 0. The van der Waals surface area contributed by atoms with Gasteiger partial charge in [-0.1, -0.05) is 6.92 Å². The molecule has 6 rings (SSSR count). The van der Waals surface area contributed by atoms with Crippen LogP contribution in [0.15, 0.2) is 18.2 Å². The summed E-state index contributed by atoms with van der Waals surface area (Å²) in [5.41, 5.74) is 18.3. The fraction of sp³-hybridized carbons (Fsp3) is 0.389. The van der Waals surface area contributed by atoms with Crippen molar-refractivity contribution in [3.63, 3.8) is 0 Å². The maximum Gasteiger partial charge on any atom is 0.305 e. The monoisotopic (exact) mass is 592 g/mol. The maximum atomic E-state index is 12.2. The van der Waals surface area contributed by atoms with Crippen molar-refractivity contribution in [2.24, 2.45) is 0 Å². The lowest BCUT2D eigenvalue weighted by atomic mass is 10.0. The van der Waals surface area contributed by atoms with E-state index in [-0.39, 0.29) is 24.8 Å². The third kappa shape index (κ3) is 4.96. The summed E-state index contributed by atoms with van der Waals surface area (Å²) < 4.78 is 9.94. The Labute approximate surface area is 257 Å². The number of carbonyl (C=O) groups is 2. The number of aryl methyl sites for hydroxylation is 4. The predicted octanol–water partition coefficient (Wildman–Crippen LogP) is 7.36. The van der Waals surface area contributed by atoms with Gasteiger partial charge in [0.25, 0.3) is 0 Å². The van der Waals surface area contributed by atoms with Crippen molar-refractivity contribution < 1.29 is 19.1 Å². The van der Waals surface area contributed by atoms with Gasteiger partial charge in [-0.3, -0.25) is 9.59 Å². The number of nitrogens with one attached hydrogen (secondary N) is 2. The molecule has 0 unspecified atom stereocenters. The molecule has 3 aliphatic rings. The van der Waals surface area contributed by atoms with E-state index in [1.54, 1.807) is 0 Å². The van der Waals surface area contributed by atoms with E-state index in [1.165, 1.54) is 42.1 Å². The Morgan fingerprint density at radius 2 is 1.25 bits per heavy atom. The van der Waals surface area contributed by atoms with E-state index in [2.05, 4.69) is 62.8 Å². The Kier molecular flexibility index (Phi) is 7.78. The summed E-state index contributed by atoms with van der Waals surface area (Å²) in [4.78, 5) is 42.1. The zero-order valence-corrected chi connectivity index (χ0v) is 26.7. The molecule has 0 aromatic carbocycles. The Morgan fingerprint density at radius 1 is 0.727 bits per heavy atom. The topological polar surface area (TPSA) is 110 Å². The molecule has 0 atom stereocenters. The molecule has 3 aromatic heterocycles. The summed E-state index contributed by atoms with van der Waals surface area (Å²) in [5.74, 6) is -0.495. The summed E-state index contributed by atoms with van der Waals surface area (Å²) in [6, 6.07) is 6.38. The first-order valence-corrected chi connectivity index (χ1v) is 15.4. The largest absolute Gasteiger partial charge is 0.469 e. The average Bonchev–Trinajstić information content (AvgIpc) is 3.78. The molecule has 5 heterocycles. The van der Waals surface area contributed by atoms with Crippen LogP contribution in [0.1, 0.15) is 97.0 Å². The fourth-order valence-electron chi connectivity index (χ4n) is 6.94. The quantitative estimate of drug-likeness (QED) is 0.278. The Balaban J connectivity index is 1.72. The first kappa shape index (κ1) is 29.6. The number of esters is 2. The highest BCUT2D eigenvalue weighted by Crippen LogP contribution is 2.44. The molecule has 2 N–H and O–H groups in total. The molecule has 44 heavy (non-hydrogen) atoms. The number of hydrogen-bond acceptors (Lipinski definition) is 6. The number of aromatic amines is 2. The molecule has 228 valence electrons. The van der Waals surface area contributed by atoms with Crippen molar-refractivity contribution >= 4 is 56.3 Å². The number of methoxy groups -OCH3 is 2. The van der Waals surface area contributed by atoms with E-state index in [9.17, 15) is 9.59 Å². The average molecular weight is 593 g/mol. The summed E-state index contributed by atoms with van der Waals surface area (Å²) >= 11 is 0. The second kappa shape index (κ2) is 11.6. The second-order valence-electron chi connectivity index (χ2n) is 11.9. The van der Waals surface area contributed by atoms with Crippen molar-refractivity contribution in [3.05, 3.63) is 68.8 Å². The Hall–Kier alpha value is -4.46. The molecule has 0 fully saturated rings. The minimum atomic E-state index is -0.248. The van der Waals surface area contributed by atoms with Crippen molar-refractivity contribution in [3.8, 4) is 0 Å². The highest BCUT2D eigenvalue weighted by atomic mass is 16.5. The number of carbonyl (C=O) groups excluding carboxylic acids is 2. The van der Waals surface area contributed by atoms with Gasteiger partial charge in [-0.05, 0) is 123 Å². The lowest BCUT2D eigenvalue weighted by Crippen LogP contribution is -2.02. The van der Waals surface area contributed by atoms with Crippen LogP contribution in [0.4, 0.5) is 0 Å². The smallest absolute Gasteiger partial charge is 0.305 e. The minimum absolute atomic E-state index is 0.247. The molecule has 2 aliphatic heterocycles. The zero-order chi connectivity index (χ0) is 31.3. The molecule has 8 bridgehead atoms. The van der Waals surface area contributed by atoms with Crippen molar-refractivity contribution in [2.75, 3.05) is 14.2 Å². The van der Waals surface area contributed by atoms with Gasteiger partial charge in [0.1, 0.15) is 0 Å². The lowest BCUT2D eigenvalue weighted by molar-refractivity contribution is -0.141. The zero-order valence-electron chi connectivity index (χ0n) is 26.7. The van der Waals surface area contributed by atoms with Crippen LogP contribution in [0, 0.1) is 13.8 Å². The highest BCUT2D eigenvalue weighted by Gasteiger charge is 2.30. The Morgan fingerprint density at radius 3 is 1.77 bits per heavy atom. The third-order valence-corrected chi connectivity index (χ3v) is 9.63. The lowest BCUT2D eigenvalue weighted by Gasteiger charge is -2.03. The van der Waals surface area contributed by atoms with Crippen LogP contribution in [0.25, 0.3) is 44.4 Å². The van der Waals surface area contributed by atoms with Gasteiger partial charge in [-0.25, -0.2) is 9.97 Å². The Bertz CT molecular complexity index is 1950. The molecule has 0 spiro atoms. The van der Waals surface area contributed by atoms with Crippen LogP contribution in [0.2, 0.25) is 0 Å². The van der Waals surface area contributed by atoms with Crippen molar-refractivity contribution in [1.29, 1.82) is 0 Å². The molecule has 0 radical (unpaired) electrons. The number of rotatable bonds is 7. The number of fused-ring (bicyclic) bond motifs is 8. The minimum Gasteiger partial charge on any atom is -0.469 e. The summed E-state index contributed by atoms with van der Waals surface area (Å²) in [7, 11) is 2.84. The predicted molar refractivity (Wildman–Crippen MR) is 175 cm³/mol. The van der Waals surface area contributed by atoms with Crippen LogP contribution in [0.5, 0.6) is 0 Å². The van der Waals surface area contributed by atoms with Crippen molar-refractivity contribution in [1.82, 2.24) is 19.9 Å². The van der Waals surface area contributed by atoms with Crippen molar-refractivity contribution in [2.45, 2.75) is 79.6 Å². The normalized spacial score (nSPS) is 14.1. The maximum absolute atomic E-state index is 12.2. The van der Waals surface area contributed by atoms with Crippen LogP contribution in [0.3, 0.4) is 0 Å². The molecule has 8 nitrogen and oxygen atoms in total. The standard InChI is InChI=1S/C36H40N4O4/c1-8-22-18(2)29-15-27-19(3)23(11-13-33(41)43-6)31(37-27)17-32-24(12-14-34(42)44-7)20(4)28(38-32)16-30-21(5)25-9-10-26(35(22)39-29)36(25)40-30/h15-17,37-38H,8-14H2,1-7H3. The molecule has 1 aliphatic carbocycles. The number of allylic oxidation sites excluding steroid dienone is 4. The van der Waals surface area contributed by atoms with E-state index >= 15 is 0 Å². The van der Waals surface area contributed by atoms with Crippen LogP contribution in [-0.4, -0.2) is 46.1 Å². The van der Waals surface area contributed by atoms with Gasteiger partial charge in [0.2, 0.25) is 0 Å². The van der Waals surface area contributed by atoms with Crippen LogP contribution < -0.4 is 0 Å².